The van der Waals surface area contributed by atoms with Crippen LogP contribution in [0.5, 0.6) is 0 Å². The topological polar surface area (TPSA) is 67.6 Å². The van der Waals surface area contributed by atoms with E-state index in [-0.39, 0.29) is 12.1 Å². The zero-order valence-corrected chi connectivity index (χ0v) is 10.3. The molecule has 0 atom stereocenters. The van der Waals surface area contributed by atoms with Gasteiger partial charge in [-0.25, -0.2) is 9.80 Å². The van der Waals surface area contributed by atoms with Crippen LogP contribution in [0.1, 0.15) is 18.4 Å². The molecule has 5 heteroatoms. The van der Waals surface area contributed by atoms with Crippen LogP contribution in [-0.2, 0) is 11.3 Å². The minimum atomic E-state index is -0.352. The molecule has 1 saturated heterocycles. The molecule has 1 heterocycles. The number of alkyl carbamates (subject to hydrolysis) is 1. The van der Waals surface area contributed by atoms with E-state index in [1.165, 1.54) is 0 Å². The second kappa shape index (κ2) is 6.37. The second-order valence-electron chi connectivity index (χ2n) is 4.52. The number of rotatable bonds is 3. The van der Waals surface area contributed by atoms with Crippen LogP contribution in [0.15, 0.2) is 30.3 Å². The van der Waals surface area contributed by atoms with Gasteiger partial charge in [-0.05, 0) is 18.4 Å². The molecule has 3 N–H and O–H groups in total. The van der Waals surface area contributed by atoms with Crippen molar-refractivity contribution < 1.29 is 9.53 Å². The minimum Gasteiger partial charge on any atom is -0.445 e. The van der Waals surface area contributed by atoms with Gasteiger partial charge in [0.15, 0.2) is 0 Å². The molecule has 18 heavy (non-hydrogen) atoms. The van der Waals surface area contributed by atoms with Crippen molar-refractivity contribution in [2.24, 2.45) is 5.84 Å². The highest BCUT2D eigenvalue weighted by atomic mass is 16.5. The van der Waals surface area contributed by atoms with Gasteiger partial charge >= 0.3 is 6.09 Å². The lowest BCUT2D eigenvalue weighted by Gasteiger charge is -2.28. The van der Waals surface area contributed by atoms with E-state index in [4.69, 9.17) is 10.6 Å². The molecule has 0 bridgehead atoms. The number of amides is 1. The van der Waals surface area contributed by atoms with Crippen LogP contribution < -0.4 is 11.2 Å². The van der Waals surface area contributed by atoms with Gasteiger partial charge in [0.1, 0.15) is 6.61 Å². The van der Waals surface area contributed by atoms with Crippen LogP contribution in [0, 0.1) is 0 Å². The fourth-order valence-electron chi connectivity index (χ4n) is 1.98. The SMILES string of the molecule is NN1CCC(NC(=O)OCc2ccccc2)CC1. The molecule has 5 nitrogen and oxygen atoms in total. The Hall–Kier alpha value is -1.59. The maximum absolute atomic E-state index is 11.6. The molecule has 1 aliphatic rings. The summed E-state index contributed by atoms with van der Waals surface area (Å²) in [5.74, 6) is 5.65. The standard InChI is InChI=1S/C13H19N3O2/c14-16-8-6-12(7-9-16)15-13(17)18-10-11-4-2-1-3-5-11/h1-5,12H,6-10,14H2,(H,15,17). The molecule has 1 aromatic carbocycles. The van der Waals surface area contributed by atoms with Crippen LogP contribution in [0.25, 0.3) is 0 Å². The second-order valence-corrected chi connectivity index (χ2v) is 4.52. The molecule has 1 aliphatic heterocycles. The maximum atomic E-state index is 11.6. The summed E-state index contributed by atoms with van der Waals surface area (Å²) >= 11 is 0. The first-order valence-electron chi connectivity index (χ1n) is 6.21. The Morgan fingerprint density at radius 1 is 1.33 bits per heavy atom. The number of hydrazine groups is 1. The normalized spacial score (nSPS) is 17.4. The summed E-state index contributed by atoms with van der Waals surface area (Å²) in [6.45, 7) is 1.93. The Morgan fingerprint density at radius 3 is 2.67 bits per heavy atom. The molecule has 1 fully saturated rings. The highest BCUT2D eigenvalue weighted by Crippen LogP contribution is 2.07. The van der Waals surface area contributed by atoms with Gasteiger partial charge in [0.2, 0.25) is 0 Å². The smallest absolute Gasteiger partial charge is 0.407 e. The van der Waals surface area contributed by atoms with Crippen molar-refractivity contribution in [3.63, 3.8) is 0 Å². The summed E-state index contributed by atoms with van der Waals surface area (Å²) in [6.07, 6.45) is 1.39. The number of nitrogens with one attached hydrogen (secondary N) is 1. The Balaban J connectivity index is 1.69. The van der Waals surface area contributed by atoms with Crippen molar-refractivity contribution in [1.29, 1.82) is 0 Å². The van der Waals surface area contributed by atoms with Gasteiger partial charge in [-0.2, -0.15) is 0 Å². The number of ether oxygens (including phenoxy) is 1. The summed E-state index contributed by atoms with van der Waals surface area (Å²) in [4.78, 5) is 11.6. The van der Waals surface area contributed by atoms with Crippen molar-refractivity contribution in [1.82, 2.24) is 10.3 Å². The Kier molecular flexibility index (Phi) is 4.55. The summed E-state index contributed by atoms with van der Waals surface area (Å²) < 4.78 is 5.16. The number of hydrogen-bond acceptors (Lipinski definition) is 4. The van der Waals surface area contributed by atoms with E-state index < -0.39 is 0 Å². The highest BCUT2D eigenvalue weighted by Gasteiger charge is 2.19. The lowest BCUT2D eigenvalue weighted by molar-refractivity contribution is 0.126. The lowest BCUT2D eigenvalue weighted by atomic mass is 10.1. The summed E-state index contributed by atoms with van der Waals surface area (Å²) in [5, 5.41) is 4.64. The van der Waals surface area contributed by atoms with Crippen molar-refractivity contribution in [3.8, 4) is 0 Å². The molecule has 2 rings (SSSR count). The largest absolute Gasteiger partial charge is 0.445 e. The van der Waals surface area contributed by atoms with Crippen LogP contribution in [0.3, 0.4) is 0 Å². The van der Waals surface area contributed by atoms with Crippen LogP contribution in [0.4, 0.5) is 4.79 Å². The number of nitrogens with zero attached hydrogens (tertiary/aromatic N) is 1. The molecular weight excluding hydrogens is 230 g/mol. The fraction of sp³-hybridized carbons (Fsp3) is 0.462. The van der Waals surface area contributed by atoms with Crippen molar-refractivity contribution in [3.05, 3.63) is 35.9 Å². The van der Waals surface area contributed by atoms with E-state index in [9.17, 15) is 4.79 Å². The number of carbonyl (C=O) groups excluding carboxylic acids is 1. The number of carbonyl (C=O) groups is 1. The molecular formula is C13H19N3O2. The van der Waals surface area contributed by atoms with E-state index >= 15 is 0 Å². The number of nitrogens with two attached hydrogens (primary N) is 1. The monoisotopic (exact) mass is 249 g/mol. The molecule has 0 unspecified atom stereocenters. The van der Waals surface area contributed by atoms with Crippen molar-refractivity contribution in [2.45, 2.75) is 25.5 Å². The molecule has 0 spiro atoms. The zero-order chi connectivity index (χ0) is 12.8. The number of piperidine rings is 1. The van der Waals surface area contributed by atoms with E-state index in [0.29, 0.717) is 6.61 Å². The minimum absolute atomic E-state index is 0.174. The maximum Gasteiger partial charge on any atom is 0.407 e. The molecule has 0 radical (unpaired) electrons. The third-order valence-corrected chi connectivity index (χ3v) is 3.06. The van der Waals surface area contributed by atoms with Gasteiger partial charge in [-0.15, -0.1) is 0 Å². The third-order valence-electron chi connectivity index (χ3n) is 3.06. The highest BCUT2D eigenvalue weighted by molar-refractivity contribution is 5.67. The van der Waals surface area contributed by atoms with Crippen LogP contribution in [0.2, 0.25) is 0 Å². The Morgan fingerprint density at radius 2 is 2.00 bits per heavy atom. The van der Waals surface area contributed by atoms with E-state index in [0.717, 1.165) is 31.5 Å². The van der Waals surface area contributed by atoms with Crippen molar-refractivity contribution in [2.75, 3.05) is 13.1 Å². The van der Waals surface area contributed by atoms with E-state index in [2.05, 4.69) is 5.32 Å². The van der Waals surface area contributed by atoms with Gasteiger partial charge in [-0.3, -0.25) is 5.84 Å². The van der Waals surface area contributed by atoms with Gasteiger partial charge in [-0.1, -0.05) is 30.3 Å². The summed E-state index contributed by atoms with van der Waals surface area (Å²) in [7, 11) is 0. The van der Waals surface area contributed by atoms with Crippen LogP contribution in [-0.4, -0.2) is 30.2 Å². The van der Waals surface area contributed by atoms with Crippen LogP contribution >= 0.6 is 0 Å². The molecule has 1 amide bonds. The fourth-order valence-corrected chi connectivity index (χ4v) is 1.98. The molecule has 98 valence electrons. The van der Waals surface area contributed by atoms with Gasteiger partial charge < -0.3 is 10.1 Å². The molecule has 0 aliphatic carbocycles. The van der Waals surface area contributed by atoms with E-state index in [1.807, 2.05) is 30.3 Å². The van der Waals surface area contributed by atoms with Gasteiger partial charge in [0.25, 0.3) is 0 Å². The molecule has 0 aromatic heterocycles. The number of benzene rings is 1. The average molecular weight is 249 g/mol. The zero-order valence-electron chi connectivity index (χ0n) is 10.3. The third kappa shape index (κ3) is 4.01. The lowest BCUT2D eigenvalue weighted by Crippen LogP contribution is -2.47. The number of hydrogen-bond donors (Lipinski definition) is 2. The first-order chi connectivity index (χ1) is 8.74. The first-order valence-corrected chi connectivity index (χ1v) is 6.21. The molecule has 1 aromatic rings. The average Bonchev–Trinajstić information content (AvgIpc) is 2.40. The predicted octanol–water partition coefficient (Wildman–Crippen LogP) is 1.25. The van der Waals surface area contributed by atoms with E-state index in [1.54, 1.807) is 5.01 Å². The molecule has 0 saturated carbocycles. The summed E-state index contributed by atoms with van der Waals surface area (Å²) in [6, 6.07) is 9.82. The van der Waals surface area contributed by atoms with Gasteiger partial charge in [0, 0.05) is 19.1 Å². The first kappa shape index (κ1) is 12.9. The quantitative estimate of drug-likeness (QED) is 0.791. The Bertz CT molecular complexity index is 375. The summed E-state index contributed by atoms with van der Waals surface area (Å²) in [5.41, 5.74) is 0.990. The van der Waals surface area contributed by atoms with Gasteiger partial charge in [0.05, 0.1) is 0 Å². The Labute approximate surface area is 107 Å². The predicted molar refractivity (Wildman–Crippen MR) is 68.5 cm³/mol. The van der Waals surface area contributed by atoms with Crippen molar-refractivity contribution >= 4 is 6.09 Å².